The number of carboxylic acid groups (broad SMARTS) is 1. The molecule has 2 atom stereocenters. The van der Waals surface area contributed by atoms with Crippen LogP contribution < -0.4 is 14.2 Å². The first-order valence-electron chi connectivity index (χ1n) is 11.1. The molecule has 9 heteroatoms. The van der Waals surface area contributed by atoms with Gasteiger partial charge < -0.3 is 19.3 Å². The number of rotatable bonds is 6. The average molecular weight is 485 g/mol. The van der Waals surface area contributed by atoms with Crippen molar-refractivity contribution >= 4 is 5.97 Å². The van der Waals surface area contributed by atoms with Gasteiger partial charge in [-0.25, -0.2) is 4.98 Å². The summed E-state index contributed by atoms with van der Waals surface area (Å²) >= 11 is 0. The summed E-state index contributed by atoms with van der Waals surface area (Å²) in [6.45, 7) is 0.301. The quantitative estimate of drug-likeness (QED) is 0.476. The van der Waals surface area contributed by atoms with Crippen LogP contribution >= 0.6 is 0 Å². The maximum atomic E-state index is 13.8. The van der Waals surface area contributed by atoms with E-state index >= 15 is 0 Å². The number of halogens is 3. The SMILES string of the molecule is COc1nccc(C(F)(F)F)c1-c1cccc2c1CCC2Oc1ccc2c(c1)OCC2CC(=O)O. The van der Waals surface area contributed by atoms with Crippen molar-refractivity contribution in [1.82, 2.24) is 4.98 Å². The molecule has 1 N–H and O–H groups in total. The number of fused-ring (bicyclic) bond motifs is 2. The van der Waals surface area contributed by atoms with Gasteiger partial charge in [0.1, 0.15) is 17.6 Å². The Labute approximate surface area is 199 Å². The van der Waals surface area contributed by atoms with Gasteiger partial charge in [-0.05, 0) is 41.7 Å². The number of alkyl halides is 3. The molecule has 1 aliphatic heterocycles. The molecule has 5 rings (SSSR count). The molecule has 35 heavy (non-hydrogen) atoms. The third-order valence-electron chi connectivity index (χ3n) is 6.46. The fourth-order valence-corrected chi connectivity index (χ4v) is 4.94. The van der Waals surface area contributed by atoms with Crippen LogP contribution in [-0.4, -0.2) is 29.8 Å². The summed E-state index contributed by atoms with van der Waals surface area (Å²) in [7, 11) is 1.30. The second kappa shape index (κ2) is 8.79. The number of methoxy groups -OCH3 is 1. The molecule has 6 nitrogen and oxygen atoms in total. The van der Waals surface area contributed by atoms with Crippen LogP contribution in [0.4, 0.5) is 13.2 Å². The van der Waals surface area contributed by atoms with E-state index in [9.17, 15) is 18.0 Å². The smallest absolute Gasteiger partial charge is 0.417 e. The van der Waals surface area contributed by atoms with Crippen LogP contribution in [0.1, 0.15) is 47.1 Å². The third kappa shape index (κ3) is 4.26. The van der Waals surface area contributed by atoms with Gasteiger partial charge in [-0.2, -0.15) is 13.2 Å². The monoisotopic (exact) mass is 485 g/mol. The van der Waals surface area contributed by atoms with Crippen molar-refractivity contribution < 1.29 is 37.3 Å². The lowest BCUT2D eigenvalue weighted by Crippen LogP contribution is -2.10. The van der Waals surface area contributed by atoms with Crippen LogP contribution in [-0.2, 0) is 17.4 Å². The molecule has 0 saturated carbocycles. The van der Waals surface area contributed by atoms with E-state index in [4.69, 9.17) is 19.3 Å². The molecular formula is C26H22F3NO5. The average Bonchev–Trinajstić information content (AvgIpc) is 3.41. The maximum Gasteiger partial charge on any atom is 0.417 e. The van der Waals surface area contributed by atoms with Gasteiger partial charge in [-0.15, -0.1) is 0 Å². The van der Waals surface area contributed by atoms with Crippen molar-refractivity contribution in [2.45, 2.75) is 37.5 Å². The van der Waals surface area contributed by atoms with E-state index in [2.05, 4.69) is 4.98 Å². The van der Waals surface area contributed by atoms with Crippen LogP contribution in [0.25, 0.3) is 11.1 Å². The predicted octanol–water partition coefficient (Wildman–Crippen LogP) is 5.79. The molecule has 2 aliphatic rings. The molecule has 3 aromatic rings. The van der Waals surface area contributed by atoms with Gasteiger partial charge in [-0.3, -0.25) is 4.79 Å². The summed E-state index contributed by atoms with van der Waals surface area (Å²) in [4.78, 5) is 15.1. The Morgan fingerprint density at radius 2 is 2.03 bits per heavy atom. The predicted molar refractivity (Wildman–Crippen MR) is 120 cm³/mol. The van der Waals surface area contributed by atoms with Crippen molar-refractivity contribution in [1.29, 1.82) is 0 Å². The molecular weight excluding hydrogens is 463 g/mol. The van der Waals surface area contributed by atoms with Gasteiger partial charge in [0.15, 0.2) is 0 Å². The molecule has 2 unspecified atom stereocenters. The van der Waals surface area contributed by atoms with Crippen molar-refractivity contribution in [2.24, 2.45) is 0 Å². The minimum absolute atomic E-state index is 0.0102. The molecule has 0 fully saturated rings. The maximum absolute atomic E-state index is 13.8. The fraction of sp³-hybridized carbons (Fsp3) is 0.308. The van der Waals surface area contributed by atoms with E-state index in [-0.39, 0.29) is 29.9 Å². The van der Waals surface area contributed by atoms with E-state index in [1.165, 1.54) is 7.11 Å². The largest absolute Gasteiger partial charge is 0.492 e. The van der Waals surface area contributed by atoms with Gasteiger partial charge >= 0.3 is 12.1 Å². The van der Waals surface area contributed by atoms with Crippen LogP contribution in [0.15, 0.2) is 48.7 Å². The lowest BCUT2D eigenvalue weighted by Gasteiger charge is -2.19. The molecule has 182 valence electrons. The number of aliphatic carboxylic acids is 1. The van der Waals surface area contributed by atoms with E-state index < -0.39 is 17.7 Å². The molecule has 0 spiro atoms. The number of hydrogen-bond acceptors (Lipinski definition) is 5. The highest BCUT2D eigenvalue weighted by molar-refractivity contribution is 5.77. The highest BCUT2D eigenvalue weighted by Gasteiger charge is 2.37. The molecule has 0 saturated heterocycles. The van der Waals surface area contributed by atoms with Crippen LogP contribution in [0.3, 0.4) is 0 Å². The van der Waals surface area contributed by atoms with E-state index in [0.717, 1.165) is 29.0 Å². The van der Waals surface area contributed by atoms with Crippen molar-refractivity contribution in [3.8, 4) is 28.5 Å². The summed E-state index contributed by atoms with van der Waals surface area (Å²) in [6, 6.07) is 11.5. The first-order valence-corrected chi connectivity index (χ1v) is 11.1. The number of aromatic nitrogens is 1. The zero-order valence-electron chi connectivity index (χ0n) is 18.8. The van der Waals surface area contributed by atoms with Gasteiger partial charge in [-0.1, -0.05) is 24.3 Å². The normalized spacial score (nSPS) is 18.5. The topological polar surface area (TPSA) is 77.9 Å². The number of benzene rings is 2. The second-order valence-electron chi connectivity index (χ2n) is 8.56. The van der Waals surface area contributed by atoms with Crippen molar-refractivity contribution in [3.63, 3.8) is 0 Å². The summed E-state index contributed by atoms with van der Waals surface area (Å²) in [5.74, 6) is -0.0227. The molecule has 0 radical (unpaired) electrons. The molecule has 1 aliphatic carbocycles. The zero-order valence-corrected chi connectivity index (χ0v) is 18.8. The summed E-state index contributed by atoms with van der Waals surface area (Å²) in [5.41, 5.74) is 1.97. The molecule has 2 aromatic carbocycles. The van der Waals surface area contributed by atoms with Gasteiger partial charge in [0.05, 0.1) is 31.3 Å². The van der Waals surface area contributed by atoms with E-state index in [0.29, 0.717) is 36.5 Å². The molecule has 2 heterocycles. The van der Waals surface area contributed by atoms with Gasteiger partial charge in [0.25, 0.3) is 0 Å². The Morgan fingerprint density at radius 3 is 2.77 bits per heavy atom. The highest BCUT2D eigenvalue weighted by Crippen LogP contribution is 2.47. The minimum atomic E-state index is -4.56. The number of hydrogen-bond donors (Lipinski definition) is 1. The van der Waals surface area contributed by atoms with Crippen LogP contribution in [0, 0.1) is 0 Å². The number of carbonyl (C=O) groups is 1. The Balaban J connectivity index is 1.46. The van der Waals surface area contributed by atoms with Crippen LogP contribution in [0.2, 0.25) is 0 Å². The number of carboxylic acids is 1. The number of pyridine rings is 1. The minimum Gasteiger partial charge on any atom is -0.492 e. The Morgan fingerprint density at radius 1 is 1.20 bits per heavy atom. The first-order chi connectivity index (χ1) is 16.8. The van der Waals surface area contributed by atoms with Crippen LogP contribution in [0.5, 0.6) is 17.4 Å². The molecule has 0 bridgehead atoms. The Hall–Kier alpha value is -3.75. The molecule has 0 amide bonds. The number of ether oxygens (including phenoxy) is 3. The fourth-order valence-electron chi connectivity index (χ4n) is 4.94. The summed E-state index contributed by atoms with van der Waals surface area (Å²) in [5, 5.41) is 9.08. The Kier molecular flexibility index (Phi) is 5.78. The second-order valence-corrected chi connectivity index (χ2v) is 8.56. The van der Waals surface area contributed by atoms with Gasteiger partial charge in [0.2, 0.25) is 5.88 Å². The highest BCUT2D eigenvalue weighted by atomic mass is 19.4. The van der Waals surface area contributed by atoms with Gasteiger partial charge in [0, 0.05) is 23.7 Å². The third-order valence-corrected chi connectivity index (χ3v) is 6.46. The molecule has 1 aromatic heterocycles. The zero-order chi connectivity index (χ0) is 24.7. The van der Waals surface area contributed by atoms with Crippen molar-refractivity contribution in [3.05, 3.63) is 70.9 Å². The summed E-state index contributed by atoms with van der Waals surface area (Å²) in [6.07, 6.45) is -2.70. The standard InChI is InChI=1S/C26H22F3NO5/c1-33-25-24(20(9-10-30-25)26(27,28)29)19-4-2-3-18-17(19)7-8-21(18)35-15-5-6-16-14(11-23(31)32)13-34-22(16)12-15/h2-6,9-10,12,14,21H,7-8,11,13H2,1H3,(H,31,32). The summed E-state index contributed by atoms with van der Waals surface area (Å²) < 4.78 is 58.5. The first kappa shape index (κ1) is 23.0. The lowest BCUT2D eigenvalue weighted by molar-refractivity contribution is -0.138. The number of nitrogens with zero attached hydrogens (tertiary/aromatic N) is 1. The lowest BCUT2D eigenvalue weighted by atomic mass is 9.94. The Bertz CT molecular complexity index is 1290. The van der Waals surface area contributed by atoms with Crippen molar-refractivity contribution in [2.75, 3.05) is 13.7 Å². The van der Waals surface area contributed by atoms with E-state index in [1.807, 2.05) is 12.1 Å². The van der Waals surface area contributed by atoms with E-state index in [1.54, 1.807) is 24.3 Å².